The highest BCUT2D eigenvalue weighted by Crippen LogP contribution is 2.41. The molecule has 0 aromatic heterocycles. The van der Waals surface area contributed by atoms with E-state index < -0.39 is 138 Å². The van der Waals surface area contributed by atoms with Gasteiger partial charge in [-0.05, 0) is 90.4 Å². The van der Waals surface area contributed by atoms with Crippen molar-refractivity contribution in [2.45, 2.75) is 64.1 Å². The SMILES string of the molecule is O=C(CCC(=O)NCC(O)CNC(=O)CCC(=O)N=C1C(I)=C(C(=O)NCC(O)CO)C(I)=C(C(=O)NCC(O)CO)C1I)N=C1C(I)=C(C(=O)NCC(O)CO)C(I)=C(C(=O)NCC(O)CO)C1I. The highest BCUT2D eigenvalue weighted by Gasteiger charge is 2.39. The minimum absolute atomic E-state index is 0.00644. The van der Waals surface area contributed by atoms with Crippen molar-refractivity contribution in [2.75, 3.05) is 65.7 Å². The van der Waals surface area contributed by atoms with Crippen LogP contribution >= 0.6 is 136 Å². The van der Waals surface area contributed by atoms with Crippen LogP contribution < -0.4 is 31.9 Å². The quantitative estimate of drug-likeness (QED) is 0.0293. The molecule has 0 fully saturated rings. The number of aliphatic hydroxyl groups is 9. The molecule has 0 radical (unpaired) electrons. The number of nitrogens with one attached hydrogen (secondary N) is 6. The molecule has 0 bridgehead atoms. The zero-order valence-electron chi connectivity index (χ0n) is 36.4. The van der Waals surface area contributed by atoms with Crippen molar-refractivity contribution >= 4 is 194 Å². The zero-order valence-corrected chi connectivity index (χ0v) is 49.3. The second-order valence-corrected chi connectivity index (χ2v) is 21.6. The molecule has 15 N–H and O–H groups in total. The fourth-order valence-electron chi connectivity index (χ4n) is 5.48. The van der Waals surface area contributed by atoms with Crippen LogP contribution in [0.15, 0.2) is 46.6 Å². The van der Waals surface area contributed by atoms with Gasteiger partial charge in [-0.15, -0.1) is 0 Å². The van der Waals surface area contributed by atoms with E-state index in [1.54, 1.807) is 90.4 Å². The molecule has 2 aliphatic carbocycles. The van der Waals surface area contributed by atoms with E-state index >= 15 is 0 Å². The summed E-state index contributed by atoms with van der Waals surface area (Å²) in [6.07, 6.45) is -8.17. The Morgan fingerprint density at radius 3 is 0.971 bits per heavy atom. The van der Waals surface area contributed by atoms with E-state index in [2.05, 4.69) is 41.9 Å². The number of alkyl halides is 2. The van der Waals surface area contributed by atoms with E-state index in [0.717, 1.165) is 0 Å². The lowest BCUT2D eigenvalue weighted by Gasteiger charge is -2.26. The molecule has 8 amide bonds. The summed E-state index contributed by atoms with van der Waals surface area (Å²) in [5.41, 5.74) is -0.171. The summed E-state index contributed by atoms with van der Waals surface area (Å²) in [7, 11) is 0. The Hall–Kier alpha value is -1.52. The molecule has 0 aliphatic heterocycles. The Kier molecular flexibility index (Phi) is 30.2. The van der Waals surface area contributed by atoms with Gasteiger partial charge in [-0.2, -0.15) is 0 Å². The number of nitrogens with zero attached hydrogens (tertiary/aromatic N) is 2. The van der Waals surface area contributed by atoms with E-state index in [1.807, 2.05) is 45.2 Å². The lowest BCUT2D eigenvalue weighted by atomic mass is 9.96. The van der Waals surface area contributed by atoms with Crippen LogP contribution in [0.1, 0.15) is 25.7 Å². The van der Waals surface area contributed by atoms with Gasteiger partial charge in [-0.1, -0.05) is 45.2 Å². The molecular weight excluding hydrogens is 1610 g/mol. The van der Waals surface area contributed by atoms with Crippen molar-refractivity contribution < 1.29 is 84.3 Å². The standard InChI is InChI=1S/C39H50I6N8O17/c40-28-24(36(67)48-7-16(59)11-54)30(42)34(31(43)25(28)37(68)49-8-17(60)12-55)52-22(65)3-1-20(63)46-5-15(58)6-47-21(64)2-4-23(66)53-35-32(44)26(38(69)50-9-18(61)13-56)29(41)27(33(35)45)39(70)51-10-19(62)14-57/h15-19,30,32,54-62H,1-14H2,(H,46,63)(H,47,64)(H,48,67)(H,49,68)(H,50,69)(H,51,70). The summed E-state index contributed by atoms with van der Waals surface area (Å²) in [5.74, 6) is -5.99. The first kappa shape index (κ1) is 64.6. The number of carbonyl (C=O) groups is 8. The average molecular weight is 1660 g/mol. The van der Waals surface area contributed by atoms with Gasteiger partial charge in [-0.3, -0.25) is 38.4 Å². The van der Waals surface area contributed by atoms with Gasteiger partial charge in [0.15, 0.2) is 0 Å². The van der Waals surface area contributed by atoms with Gasteiger partial charge in [0.05, 0.1) is 87.4 Å². The molecular formula is C39H50I6N8O17. The number of aliphatic imine (C=N–C) groups is 2. The van der Waals surface area contributed by atoms with Crippen molar-refractivity contribution in [2.24, 2.45) is 9.98 Å². The highest BCUT2D eigenvalue weighted by molar-refractivity contribution is 14.1. The highest BCUT2D eigenvalue weighted by atomic mass is 127. The van der Waals surface area contributed by atoms with E-state index in [-0.39, 0.29) is 87.3 Å². The molecule has 70 heavy (non-hydrogen) atoms. The molecule has 0 aromatic carbocycles. The van der Waals surface area contributed by atoms with Crippen molar-refractivity contribution in [1.82, 2.24) is 31.9 Å². The van der Waals surface area contributed by atoms with Gasteiger partial charge in [0.2, 0.25) is 35.4 Å². The number of aliphatic hydroxyl groups excluding tert-OH is 9. The Morgan fingerprint density at radius 1 is 0.414 bits per heavy atom. The molecule has 2 aliphatic rings. The number of amides is 8. The Balaban J connectivity index is 2.07. The maximum absolute atomic E-state index is 13.3. The number of hydrogen-bond donors (Lipinski definition) is 15. The normalized spacial score (nSPS) is 19.6. The molecule has 0 saturated carbocycles. The molecule has 0 spiro atoms. The summed E-state index contributed by atoms with van der Waals surface area (Å²) in [6, 6.07) is 0. The Bertz CT molecular complexity index is 2040. The van der Waals surface area contributed by atoms with E-state index in [1.165, 1.54) is 0 Å². The number of halogens is 6. The van der Waals surface area contributed by atoms with Crippen molar-refractivity contribution in [3.8, 4) is 0 Å². The van der Waals surface area contributed by atoms with E-state index in [9.17, 15) is 63.9 Å². The van der Waals surface area contributed by atoms with Gasteiger partial charge < -0.3 is 77.9 Å². The third-order valence-electron chi connectivity index (χ3n) is 9.26. The maximum atomic E-state index is 13.3. The van der Waals surface area contributed by atoms with E-state index in [4.69, 9.17) is 20.4 Å². The Morgan fingerprint density at radius 2 is 0.686 bits per heavy atom. The molecule has 31 heteroatoms. The van der Waals surface area contributed by atoms with Gasteiger partial charge in [-0.25, -0.2) is 9.98 Å². The lowest BCUT2D eigenvalue weighted by Crippen LogP contribution is -2.41. The van der Waals surface area contributed by atoms with Crippen LogP contribution in [0.4, 0.5) is 0 Å². The fourth-order valence-corrected chi connectivity index (χ4v) is 15.0. The predicted molar refractivity (Wildman–Crippen MR) is 300 cm³/mol. The largest absolute Gasteiger partial charge is 0.394 e. The van der Waals surface area contributed by atoms with Crippen molar-refractivity contribution in [3.63, 3.8) is 0 Å². The smallest absolute Gasteiger partial charge is 0.253 e. The number of rotatable bonds is 26. The van der Waals surface area contributed by atoms with Gasteiger partial charge >= 0.3 is 0 Å². The second-order valence-electron chi connectivity index (χ2n) is 14.8. The van der Waals surface area contributed by atoms with Crippen LogP contribution in [0.5, 0.6) is 0 Å². The summed E-state index contributed by atoms with van der Waals surface area (Å²) < 4.78 is -1.16. The number of hydrogen-bond acceptors (Lipinski definition) is 17. The summed E-state index contributed by atoms with van der Waals surface area (Å²) in [5, 5.41) is 101. The van der Waals surface area contributed by atoms with Crippen LogP contribution in [0.25, 0.3) is 0 Å². The lowest BCUT2D eigenvalue weighted by molar-refractivity contribution is -0.125. The maximum Gasteiger partial charge on any atom is 0.253 e. The van der Waals surface area contributed by atoms with Crippen LogP contribution in [0, 0.1) is 0 Å². The van der Waals surface area contributed by atoms with Crippen molar-refractivity contribution in [3.05, 3.63) is 36.6 Å². The molecule has 390 valence electrons. The van der Waals surface area contributed by atoms with E-state index in [0.29, 0.717) is 0 Å². The summed E-state index contributed by atoms with van der Waals surface area (Å²) >= 11 is 10.7. The fraction of sp³-hybridized carbons (Fsp3) is 0.538. The monoisotopic (exact) mass is 1660 g/mol. The van der Waals surface area contributed by atoms with Crippen LogP contribution in [-0.4, -0.2) is 209 Å². The minimum Gasteiger partial charge on any atom is -0.394 e. The first-order valence-electron chi connectivity index (χ1n) is 20.5. The molecule has 2 rings (SSSR count). The average Bonchev–Trinajstić information content (AvgIpc) is 3.32. The van der Waals surface area contributed by atoms with Gasteiger partial charge in [0.25, 0.3) is 11.8 Å². The molecule has 25 nitrogen and oxygen atoms in total. The Labute approximate surface area is 481 Å². The third-order valence-corrected chi connectivity index (χ3v) is 16.1. The summed E-state index contributed by atoms with van der Waals surface area (Å²) in [6.45, 7) is -4.67. The summed E-state index contributed by atoms with van der Waals surface area (Å²) in [4.78, 5) is 113. The third kappa shape index (κ3) is 20.3. The predicted octanol–water partition coefficient (Wildman–Crippen LogP) is -3.66. The molecule has 6 unspecified atom stereocenters. The van der Waals surface area contributed by atoms with Gasteiger partial charge in [0, 0.05) is 90.4 Å². The van der Waals surface area contributed by atoms with Gasteiger partial charge in [0.1, 0.15) is 0 Å². The van der Waals surface area contributed by atoms with Crippen LogP contribution in [0.2, 0.25) is 0 Å². The van der Waals surface area contributed by atoms with Crippen LogP contribution in [0.3, 0.4) is 0 Å². The molecule has 6 atom stereocenters. The van der Waals surface area contributed by atoms with Crippen LogP contribution in [-0.2, 0) is 38.4 Å². The second kappa shape index (κ2) is 32.7. The first-order valence-corrected chi connectivity index (χ1v) is 27.4. The molecule has 0 heterocycles. The topological polar surface area (TPSA) is 416 Å². The zero-order chi connectivity index (χ0) is 53.0. The number of allylic oxidation sites excluding steroid dienone is 2. The minimum atomic E-state index is -1.32. The first-order chi connectivity index (χ1) is 32.9. The van der Waals surface area contributed by atoms with Crippen molar-refractivity contribution in [1.29, 1.82) is 0 Å². The molecule has 0 saturated heterocycles. The number of carbonyl (C=O) groups excluding carboxylic acids is 8. The molecule has 0 aromatic rings.